The van der Waals surface area contributed by atoms with Gasteiger partial charge < -0.3 is 4.74 Å². The number of ether oxygens (including phenoxy) is 1. The second-order valence-electron chi connectivity index (χ2n) is 10.6. The van der Waals surface area contributed by atoms with Gasteiger partial charge in [-0.15, -0.1) is 0 Å². The third kappa shape index (κ3) is 4.79. The van der Waals surface area contributed by atoms with Crippen LogP contribution in [-0.2, 0) is 12.0 Å². The lowest BCUT2D eigenvalue weighted by Gasteiger charge is -2.19. The van der Waals surface area contributed by atoms with E-state index in [9.17, 15) is 4.79 Å². The van der Waals surface area contributed by atoms with Crippen molar-refractivity contribution in [1.82, 2.24) is 19.2 Å². The van der Waals surface area contributed by atoms with Gasteiger partial charge in [0.1, 0.15) is 12.3 Å². The van der Waals surface area contributed by atoms with Gasteiger partial charge in [-0.3, -0.25) is 9.20 Å². The van der Waals surface area contributed by atoms with E-state index >= 15 is 0 Å². The molecule has 0 aliphatic heterocycles. The van der Waals surface area contributed by atoms with Crippen LogP contribution in [0.5, 0.6) is 5.75 Å². The lowest BCUT2D eigenvalue weighted by molar-refractivity contribution is 0.307. The molecule has 0 atom stereocenters. The Morgan fingerprint density at radius 3 is 2.30 bits per heavy atom. The molecular weight excluding hydrogens is 460 g/mol. The van der Waals surface area contributed by atoms with Crippen LogP contribution in [-0.4, -0.2) is 19.2 Å². The average Bonchev–Trinajstić information content (AvgIpc) is 3.24. The van der Waals surface area contributed by atoms with Crippen molar-refractivity contribution in [2.24, 2.45) is 0 Å². The molecule has 0 saturated heterocycles. The third-order valence-electron chi connectivity index (χ3n) is 6.64. The van der Waals surface area contributed by atoms with Crippen molar-refractivity contribution in [3.63, 3.8) is 0 Å². The van der Waals surface area contributed by atoms with Crippen LogP contribution in [0.15, 0.2) is 77.7 Å². The van der Waals surface area contributed by atoms with Gasteiger partial charge in [-0.2, -0.15) is 5.10 Å². The molecular formula is C31H32N4O2. The van der Waals surface area contributed by atoms with Gasteiger partial charge in [0.15, 0.2) is 11.4 Å². The van der Waals surface area contributed by atoms with Crippen LogP contribution in [0.1, 0.15) is 48.8 Å². The van der Waals surface area contributed by atoms with Crippen molar-refractivity contribution in [1.29, 1.82) is 0 Å². The van der Waals surface area contributed by atoms with E-state index in [2.05, 4.69) is 52.0 Å². The summed E-state index contributed by atoms with van der Waals surface area (Å²) in [6.07, 6.45) is 1.72. The lowest BCUT2D eigenvalue weighted by atomic mass is 9.87. The normalized spacial score (nSPS) is 11.7. The molecule has 3 heterocycles. The molecule has 0 fully saturated rings. The van der Waals surface area contributed by atoms with Gasteiger partial charge in [-0.25, -0.2) is 9.67 Å². The number of aromatic nitrogens is 4. The molecule has 0 bridgehead atoms. The summed E-state index contributed by atoms with van der Waals surface area (Å²) in [5, 5.41) is 4.76. The first kappa shape index (κ1) is 24.5. The monoisotopic (exact) mass is 492 g/mol. The first-order valence-corrected chi connectivity index (χ1v) is 12.5. The molecule has 6 nitrogen and oxygen atoms in total. The van der Waals surface area contributed by atoms with Crippen LogP contribution in [0.3, 0.4) is 0 Å². The number of fused-ring (bicyclic) bond motifs is 1. The number of nitrogens with zero attached hydrogens (tertiary/aromatic N) is 4. The molecule has 2 aromatic carbocycles. The molecule has 0 aliphatic rings. The molecule has 0 N–H and O–H groups in total. The maximum absolute atomic E-state index is 13.6. The summed E-state index contributed by atoms with van der Waals surface area (Å²) < 4.78 is 9.53. The quantitative estimate of drug-likeness (QED) is 0.287. The summed E-state index contributed by atoms with van der Waals surface area (Å²) in [4.78, 5) is 18.4. The topological polar surface area (TPSA) is 61.4 Å². The molecule has 0 amide bonds. The summed E-state index contributed by atoms with van der Waals surface area (Å²) in [5.41, 5.74) is 7.54. The van der Waals surface area contributed by atoms with E-state index in [-0.39, 0.29) is 11.0 Å². The van der Waals surface area contributed by atoms with Crippen LogP contribution in [0.4, 0.5) is 0 Å². The maximum atomic E-state index is 13.6. The van der Waals surface area contributed by atoms with Crippen LogP contribution >= 0.6 is 0 Å². The van der Waals surface area contributed by atoms with E-state index in [1.165, 1.54) is 11.1 Å². The van der Waals surface area contributed by atoms with E-state index in [4.69, 9.17) is 14.8 Å². The van der Waals surface area contributed by atoms with Gasteiger partial charge in [0.2, 0.25) is 0 Å². The minimum Gasteiger partial charge on any atom is -0.485 e. The zero-order valence-corrected chi connectivity index (χ0v) is 22.2. The maximum Gasteiger partial charge on any atom is 0.267 e. The van der Waals surface area contributed by atoms with E-state index in [0.29, 0.717) is 35.0 Å². The van der Waals surface area contributed by atoms with Crippen LogP contribution in [0.25, 0.3) is 22.6 Å². The number of hydrogen-bond acceptors (Lipinski definition) is 4. The van der Waals surface area contributed by atoms with Crippen molar-refractivity contribution >= 4 is 5.65 Å². The molecule has 3 aromatic heterocycles. The molecule has 0 radical (unpaired) electrons. The Labute approximate surface area is 217 Å². The molecule has 0 spiro atoms. The molecule has 6 heteroatoms. The first-order chi connectivity index (χ1) is 17.6. The van der Waals surface area contributed by atoms with Gasteiger partial charge in [-0.1, -0.05) is 62.7 Å². The molecule has 5 aromatic rings. The van der Waals surface area contributed by atoms with E-state index in [1.54, 1.807) is 10.6 Å². The Hall–Kier alpha value is -4.19. The number of pyridine rings is 1. The summed E-state index contributed by atoms with van der Waals surface area (Å²) in [7, 11) is 0. The van der Waals surface area contributed by atoms with Crippen molar-refractivity contribution in [2.45, 2.75) is 53.6 Å². The number of rotatable bonds is 5. The van der Waals surface area contributed by atoms with Gasteiger partial charge in [0.05, 0.1) is 16.9 Å². The van der Waals surface area contributed by atoms with Crippen molar-refractivity contribution in [3.05, 3.63) is 111 Å². The molecule has 0 unspecified atom stereocenters. The zero-order chi connectivity index (χ0) is 26.3. The highest BCUT2D eigenvalue weighted by Gasteiger charge is 2.19. The summed E-state index contributed by atoms with van der Waals surface area (Å²) in [5.74, 6) is 0.565. The SMILES string of the molecule is Cc1ccc(-n2nc(-c3c(C)nc4c(OCc5ccc(C(C)(C)C)cc5)cccn4c3=O)cc2C)cc1. The number of benzene rings is 2. The fourth-order valence-electron chi connectivity index (χ4n) is 4.46. The Bertz CT molecular complexity index is 1640. The van der Waals surface area contributed by atoms with E-state index in [1.807, 2.05) is 61.0 Å². The van der Waals surface area contributed by atoms with Gasteiger partial charge in [0.25, 0.3) is 5.56 Å². The minimum absolute atomic E-state index is 0.101. The fraction of sp³-hybridized carbons (Fsp3) is 0.258. The highest BCUT2D eigenvalue weighted by Crippen LogP contribution is 2.26. The Balaban J connectivity index is 1.48. The second kappa shape index (κ2) is 9.36. The Morgan fingerprint density at radius 1 is 0.919 bits per heavy atom. The van der Waals surface area contributed by atoms with Crippen LogP contribution in [0.2, 0.25) is 0 Å². The van der Waals surface area contributed by atoms with E-state index in [0.717, 1.165) is 16.9 Å². The van der Waals surface area contributed by atoms with Crippen molar-refractivity contribution < 1.29 is 4.74 Å². The first-order valence-electron chi connectivity index (χ1n) is 12.5. The van der Waals surface area contributed by atoms with E-state index < -0.39 is 0 Å². The minimum atomic E-state index is -0.170. The third-order valence-corrected chi connectivity index (χ3v) is 6.64. The Kier molecular flexibility index (Phi) is 6.20. The average molecular weight is 493 g/mol. The largest absolute Gasteiger partial charge is 0.485 e. The van der Waals surface area contributed by atoms with Crippen molar-refractivity contribution in [3.8, 4) is 22.7 Å². The number of aryl methyl sites for hydroxylation is 3. The lowest BCUT2D eigenvalue weighted by Crippen LogP contribution is -2.19. The zero-order valence-electron chi connectivity index (χ0n) is 22.2. The number of hydrogen-bond donors (Lipinski definition) is 0. The second-order valence-corrected chi connectivity index (χ2v) is 10.6. The molecule has 0 saturated carbocycles. The van der Waals surface area contributed by atoms with Crippen LogP contribution < -0.4 is 10.3 Å². The Morgan fingerprint density at radius 2 is 1.62 bits per heavy atom. The van der Waals surface area contributed by atoms with Gasteiger partial charge in [0, 0.05) is 11.9 Å². The van der Waals surface area contributed by atoms with Crippen LogP contribution in [0, 0.1) is 20.8 Å². The summed E-state index contributed by atoms with van der Waals surface area (Å²) in [6.45, 7) is 12.9. The van der Waals surface area contributed by atoms with Crippen molar-refractivity contribution in [2.75, 3.05) is 0 Å². The fourth-order valence-corrected chi connectivity index (χ4v) is 4.46. The molecule has 188 valence electrons. The smallest absolute Gasteiger partial charge is 0.267 e. The predicted molar refractivity (Wildman–Crippen MR) is 148 cm³/mol. The molecule has 5 rings (SSSR count). The summed E-state index contributed by atoms with van der Waals surface area (Å²) >= 11 is 0. The molecule has 37 heavy (non-hydrogen) atoms. The van der Waals surface area contributed by atoms with Gasteiger partial charge in [-0.05, 0) is 67.6 Å². The summed E-state index contributed by atoms with van der Waals surface area (Å²) in [6, 6.07) is 22.2. The highest BCUT2D eigenvalue weighted by atomic mass is 16.5. The standard InChI is InChI=1S/C31H32N4O2/c1-20-9-15-25(16-10-20)35-21(2)18-26(33-35)28-22(3)32-29-27(8-7-17-34(29)30(28)36)37-19-23-11-13-24(14-12-23)31(4,5)6/h7-18H,19H2,1-6H3. The predicted octanol–water partition coefficient (Wildman–Crippen LogP) is 6.35. The highest BCUT2D eigenvalue weighted by molar-refractivity contribution is 5.65. The molecule has 0 aliphatic carbocycles. The van der Waals surface area contributed by atoms with Gasteiger partial charge >= 0.3 is 0 Å².